The standard InChI is InChI=1S/C11H12N2/c1-8-11(9-5-6-9)12-10-4-2-3-7-13(8)10/h2-4,7,9H,5-6H2,1H3. The molecule has 66 valence electrons. The molecule has 13 heavy (non-hydrogen) atoms. The van der Waals surface area contributed by atoms with E-state index in [1.165, 1.54) is 24.2 Å². The van der Waals surface area contributed by atoms with Crippen LogP contribution in [0.4, 0.5) is 0 Å². The van der Waals surface area contributed by atoms with Gasteiger partial charge in [-0.3, -0.25) is 0 Å². The van der Waals surface area contributed by atoms with Crippen LogP contribution in [-0.2, 0) is 0 Å². The number of hydrogen-bond donors (Lipinski definition) is 0. The zero-order chi connectivity index (χ0) is 8.84. The molecule has 2 aromatic heterocycles. The van der Waals surface area contributed by atoms with Crippen molar-refractivity contribution < 1.29 is 0 Å². The zero-order valence-corrected chi connectivity index (χ0v) is 7.70. The van der Waals surface area contributed by atoms with Crippen molar-refractivity contribution in [1.82, 2.24) is 9.38 Å². The van der Waals surface area contributed by atoms with Gasteiger partial charge in [0.15, 0.2) is 0 Å². The third-order valence-corrected chi connectivity index (χ3v) is 2.77. The maximum atomic E-state index is 4.64. The first kappa shape index (κ1) is 7.13. The summed E-state index contributed by atoms with van der Waals surface area (Å²) < 4.78 is 2.17. The van der Waals surface area contributed by atoms with Crippen molar-refractivity contribution in [3.63, 3.8) is 0 Å². The van der Waals surface area contributed by atoms with Crippen molar-refractivity contribution in [2.75, 3.05) is 0 Å². The lowest BCUT2D eigenvalue weighted by atomic mass is 10.2. The molecule has 1 saturated carbocycles. The molecule has 1 aliphatic rings. The van der Waals surface area contributed by atoms with Gasteiger partial charge in [-0.15, -0.1) is 0 Å². The number of pyridine rings is 1. The molecule has 0 aromatic carbocycles. The third kappa shape index (κ3) is 0.981. The predicted octanol–water partition coefficient (Wildman–Crippen LogP) is 2.52. The molecule has 2 heteroatoms. The summed E-state index contributed by atoms with van der Waals surface area (Å²) in [7, 11) is 0. The minimum Gasteiger partial charge on any atom is -0.304 e. The van der Waals surface area contributed by atoms with Gasteiger partial charge in [0.2, 0.25) is 0 Å². The smallest absolute Gasteiger partial charge is 0.137 e. The second-order valence-electron chi connectivity index (χ2n) is 3.79. The van der Waals surface area contributed by atoms with Crippen LogP contribution in [0.5, 0.6) is 0 Å². The first-order valence-electron chi connectivity index (χ1n) is 4.80. The number of imidazole rings is 1. The van der Waals surface area contributed by atoms with Crippen molar-refractivity contribution in [2.24, 2.45) is 0 Å². The largest absolute Gasteiger partial charge is 0.304 e. The highest BCUT2D eigenvalue weighted by Crippen LogP contribution is 2.40. The summed E-state index contributed by atoms with van der Waals surface area (Å²) in [6.07, 6.45) is 4.74. The number of fused-ring (bicyclic) bond motifs is 1. The Morgan fingerprint density at radius 2 is 2.23 bits per heavy atom. The van der Waals surface area contributed by atoms with Crippen molar-refractivity contribution in [2.45, 2.75) is 25.7 Å². The molecule has 0 N–H and O–H groups in total. The van der Waals surface area contributed by atoms with E-state index in [1.54, 1.807) is 0 Å². The molecular formula is C11H12N2. The SMILES string of the molecule is Cc1c(C2CC2)nc2ccccn12. The highest BCUT2D eigenvalue weighted by Gasteiger charge is 2.28. The van der Waals surface area contributed by atoms with Crippen LogP contribution in [0.1, 0.15) is 30.1 Å². The zero-order valence-electron chi connectivity index (χ0n) is 7.70. The molecule has 2 heterocycles. The van der Waals surface area contributed by atoms with Gasteiger partial charge < -0.3 is 4.40 Å². The van der Waals surface area contributed by atoms with Crippen LogP contribution in [0, 0.1) is 6.92 Å². The Kier molecular flexibility index (Phi) is 1.29. The van der Waals surface area contributed by atoms with Crippen LogP contribution in [0.2, 0.25) is 0 Å². The lowest BCUT2D eigenvalue weighted by Crippen LogP contribution is -1.86. The fraction of sp³-hybridized carbons (Fsp3) is 0.364. The van der Waals surface area contributed by atoms with E-state index in [2.05, 4.69) is 34.6 Å². The quantitative estimate of drug-likeness (QED) is 0.646. The molecule has 0 bridgehead atoms. The number of nitrogens with zero attached hydrogens (tertiary/aromatic N) is 2. The van der Waals surface area contributed by atoms with Crippen LogP contribution in [0.3, 0.4) is 0 Å². The Hall–Kier alpha value is -1.31. The summed E-state index contributed by atoms with van der Waals surface area (Å²) in [5.41, 5.74) is 3.71. The second-order valence-corrected chi connectivity index (χ2v) is 3.79. The summed E-state index contributed by atoms with van der Waals surface area (Å²) in [4.78, 5) is 4.64. The molecule has 1 aliphatic carbocycles. The van der Waals surface area contributed by atoms with Gasteiger partial charge in [-0.25, -0.2) is 4.98 Å². The topological polar surface area (TPSA) is 17.3 Å². The number of aryl methyl sites for hydroxylation is 1. The van der Waals surface area contributed by atoms with Crippen LogP contribution in [-0.4, -0.2) is 9.38 Å². The molecule has 0 spiro atoms. The first-order chi connectivity index (χ1) is 6.36. The summed E-state index contributed by atoms with van der Waals surface area (Å²) in [6.45, 7) is 2.16. The van der Waals surface area contributed by atoms with Gasteiger partial charge in [0.25, 0.3) is 0 Å². The molecule has 0 unspecified atom stereocenters. The van der Waals surface area contributed by atoms with E-state index in [4.69, 9.17) is 0 Å². The predicted molar refractivity (Wildman–Crippen MR) is 51.9 cm³/mol. The average Bonchev–Trinajstić information content (AvgIpc) is 2.94. The van der Waals surface area contributed by atoms with Gasteiger partial charge in [0.1, 0.15) is 5.65 Å². The van der Waals surface area contributed by atoms with Crippen molar-refractivity contribution >= 4 is 5.65 Å². The minimum atomic E-state index is 0.750. The Morgan fingerprint density at radius 3 is 2.92 bits per heavy atom. The monoisotopic (exact) mass is 172 g/mol. The Labute approximate surface area is 77.2 Å². The lowest BCUT2D eigenvalue weighted by molar-refractivity contribution is 1.01. The maximum absolute atomic E-state index is 4.64. The Balaban J connectivity index is 2.30. The van der Waals surface area contributed by atoms with Crippen LogP contribution >= 0.6 is 0 Å². The van der Waals surface area contributed by atoms with Gasteiger partial charge in [-0.05, 0) is 31.9 Å². The van der Waals surface area contributed by atoms with E-state index in [-0.39, 0.29) is 0 Å². The van der Waals surface area contributed by atoms with E-state index >= 15 is 0 Å². The number of rotatable bonds is 1. The number of aromatic nitrogens is 2. The first-order valence-corrected chi connectivity index (χ1v) is 4.80. The van der Waals surface area contributed by atoms with Crippen molar-refractivity contribution in [3.8, 4) is 0 Å². The van der Waals surface area contributed by atoms with E-state index in [1.807, 2.05) is 6.07 Å². The van der Waals surface area contributed by atoms with Gasteiger partial charge in [-0.1, -0.05) is 6.07 Å². The van der Waals surface area contributed by atoms with Gasteiger partial charge in [0.05, 0.1) is 5.69 Å². The fourth-order valence-electron chi connectivity index (χ4n) is 1.88. The van der Waals surface area contributed by atoms with Crippen molar-refractivity contribution in [1.29, 1.82) is 0 Å². The number of hydrogen-bond acceptors (Lipinski definition) is 1. The van der Waals surface area contributed by atoms with Gasteiger partial charge in [-0.2, -0.15) is 0 Å². The normalized spacial score (nSPS) is 16.7. The molecule has 0 atom stereocenters. The molecular weight excluding hydrogens is 160 g/mol. The van der Waals surface area contributed by atoms with E-state index in [0.29, 0.717) is 0 Å². The summed E-state index contributed by atoms with van der Waals surface area (Å²) in [6, 6.07) is 6.16. The van der Waals surface area contributed by atoms with Crippen LogP contribution < -0.4 is 0 Å². The van der Waals surface area contributed by atoms with Gasteiger partial charge >= 0.3 is 0 Å². The molecule has 0 radical (unpaired) electrons. The molecule has 0 aliphatic heterocycles. The summed E-state index contributed by atoms with van der Waals surface area (Å²) in [5.74, 6) is 0.750. The fourth-order valence-corrected chi connectivity index (χ4v) is 1.88. The molecule has 2 aromatic rings. The molecule has 3 rings (SSSR count). The van der Waals surface area contributed by atoms with E-state index in [0.717, 1.165) is 11.6 Å². The Bertz CT molecular complexity index is 452. The summed E-state index contributed by atoms with van der Waals surface area (Å²) in [5, 5.41) is 0. The van der Waals surface area contributed by atoms with E-state index in [9.17, 15) is 0 Å². The van der Waals surface area contributed by atoms with Crippen LogP contribution in [0.15, 0.2) is 24.4 Å². The Morgan fingerprint density at radius 1 is 1.38 bits per heavy atom. The molecule has 1 fully saturated rings. The van der Waals surface area contributed by atoms with Crippen LogP contribution in [0.25, 0.3) is 5.65 Å². The lowest BCUT2D eigenvalue weighted by Gasteiger charge is -1.94. The molecule has 2 nitrogen and oxygen atoms in total. The summed E-state index contributed by atoms with van der Waals surface area (Å²) >= 11 is 0. The molecule has 0 saturated heterocycles. The second kappa shape index (κ2) is 2.34. The van der Waals surface area contributed by atoms with Crippen molar-refractivity contribution in [3.05, 3.63) is 35.8 Å². The van der Waals surface area contributed by atoms with E-state index < -0.39 is 0 Å². The minimum absolute atomic E-state index is 0.750. The maximum Gasteiger partial charge on any atom is 0.137 e. The van der Waals surface area contributed by atoms with Gasteiger partial charge in [0, 0.05) is 17.8 Å². The third-order valence-electron chi connectivity index (χ3n) is 2.77. The molecule has 0 amide bonds. The highest BCUT2D eigenvalue weighted by atomic mass is 15.0. The highest BCUT2D eigenvalue weighted by molar-refractivity contribution is 5.44. The average molecular weight is 172 g/mol.